The number of nitrogens with two attached hydrogens (primary N) is 2. The van der Waals surface area contributed by atoms with Crippen LogP contribution >= 0.6 is 11.6 Å². The smallest absolute Gasteiger partial charge is 0.396 e. The zero-order chi connectivity index (χ0) is 28.1. The second kappa shape index (κ2) is 9.83. The lowest BCUT2D eigenvalue weighted by Gasteiger charge is -2.41. The predicted molar refractivity (Wildman–Crippen MR) is 125 cm³/mol. The van der Waals surface area contributed by atoms with E-state index < -0.39 is 68.3 Å². The Labute approximate surface area is 214 Å². The van der Waals surface area contributed by atoms with Gasteiger partial charge in [-0.05, 0) is 31.0 Å². The summed E-state index contributed by atoms with van der Waals surface area (Å²) in [5.41, 5.74) is 6.84. The molecule has 4 N–H and O–H groups in total. The monoisotopic (exact) mass is 562 g/mol. The number of alkyl halides is 3. The van der Waals surface area contributed by atoms with Crippen LogP contribution < -0.4 is 21.8 Å². The van der Waals surface area contributed by atoms with Gasteiger partial charge in [-0.1, -0.05) is 11.6 Å². The maximum atomic E-state index is 15.2. The van der Waals surface area contributed by atoms with Gasteiger partial charge in [0.05, 0.1) is 33.0 Å². The summed E-state index contributed by atoms with van der Waals surface area (Å²) < 4.78 is 86.2. The highest BCUT2D eigenvalue weighted by atomic mass is 35.5. The number of anilines is 2. The van der Waals surface area contributed by atoms with Gasteiger partial charge in [0.2, 0.25) is 5.43 Å². The summed E-state index contributed by atoms with van der Waals surface area (Å²) in [6.07, 6.45) is -4.38. The van der Waals surface area contributed by atoms with Crippen LogP contribution in [0.3, 0.4) is 0 Å². The van der Waals surface area contributed by atoms with Crippen molar-refractivity contribution in [2.45, 2.75) is 12.6 Å². The Kier molecular flexibility index (Phi) is 7.05. The maximum Gasteiger partial charge on any atom is 0.491 e. The minimum absolute atomic E-state index is 0.131. The number of nitrogen functional groups attached to an aromatic ring is 1. The van der Waals surface area contributed by atoms with Crippen LogP contribution in [0.1, 0.15) is 16.8 Å². The van der Waals surface area contributed by atoms with Crippen LogP contribution in [0.5, 0.6) is 0 Å². The Morgan fingerprint density at radius 2 is 1.74 bits per heavy atom. The number of hydrogen-bond donors (Lipinski definition) is 2. The van der Waals surface area contributed by atoms with Gasteiger partial charge in [-0.15, -0.1) is 0 Å². The fraction of sp³-hybridized carbons (Fsp3) is 0.261. The average Bonchev–Trinajstić information content (AvgIpc) is 2.79. The highest BCUT2D eigenvalue weighted by Crippen LogP contribution is 2.40. The lowest BCUT2D eigenvalue weighted by Crippen LogP contribution is -2.48. The van der Waals surface area contributed by atoms with Crippen LogP contribution in [-0.4, -0.2) is 42.3 Å². The third-order valence-electron chi connectivity index (χ3n) is 5.97. The van der Waals surface area contributed by atoms with Crippen LogP contribution in [0.4, 0.5) is 37.7 Å². The van der Waals surface area contributed by atoms with Crippen molar-refractivity contribution in [1.82, 2.24) is 4.57 Å². The topological polar surface area (TPSA) is 121 Å². The van der Waals surface area contributed by atoms with Crippen molar-refractivity contribution in [1.29, 1.82) is 0 Å². The van der Waals surface area contributed by atoms with E-state index in [1.807, 2.05) is 0 Å². The number of fused-ring (bicyclic) bond motifs is 1. The molecule has 1 aliphatic rings. The quantitative estimate of drug-likeness (QED) is 0.211. The highest BCUT2D eigenvalue weighted by molar-refractivity contribution is 6.38. The number of halogens is 7. The molecule has 2 aromatic carbocycles. The van der Waals surface area contributed by atoms with Gasteiger partial charge in [0.1, 0.15) is 23.0 Å². The second-order valence-corrected chi connectivity index (χ2v) is 8.89. The minimum atomic E-state index is -5.58. The van der Waals surface area contributed by atoms with Crippen molar-refractivity contribution in [3.05, 3.63) is 62.7 Å². The first kappa shape index (κ1) is 27.3. The zero-order valence-electron chi connectivity index (χ0n) is 19.0. The SMILES string of the molecule is NCCC1CN(c2c(F)cc3c(=O)c(C(=O)OC(=O)C(F)(F)F)cn(-c4cc(N)c(F)cc4F)c3c2Cl)C1. The molecule has 2 heterocycles. The highest BCUT2D eigenvalue weighted by Gasteiger charge is 2.43. The number of nitrogens with zero attached hydrogens (tertiary/aromatic N) is 2. The molecule has 0 aliphatic carbocycles. The zero-order valence-corrected chi connectivity index (χ0v) is 19.8. The first-order valence-corrected chi connectivity index (χ1v) is 11.2. The molecule has 3 aromatic rings. The van der Waals surface area contributed by atoms with Gasteiger partial charge in [0, 0.05) is 25.4 Å². The van der Waals surface area contributed by atoms with Gasteiger partial charge in [-0.3, -0.25) is 4.79 Å². The maximum absolute atomic E-state index is 15.2. The minimum Gasteiger partial charge on any atom is -0.396 e. The largest absolute Gasteiger partial charge is 0.491 e. The normalized spacial score (nSPS) is 14.1. The Morgan fingerprint density at radius 1 is 1.08 bits per heavy atom. The molecule has 0 atom stereocenters. The van der Waals surface area contributed by atoms with Crippen molar-refractivity contribution >= 4 is 45.8 Å². The van der Waals surface area contributed by atoms with Crippen LogP contribution in [0.25, 0.3) is 16.6 Å². The summed E-state index contributed by atoms with van der Waals surface area (Å²) in [6.45, 7) is 1.10. The summed E-state index contributed by atoms with van der Waals surface area (Å²) in [6, 6.07) is 1.81. The Hall–Kier alpha value is -3.78. The molecule has 202 valence electrons. The van der Waals surface area contributed by atoms with Crippen molar-refractivity contribution in [2.24, 2.45) is 11.7 Å². The van der Waals surface area contributed by atoms with Crippen LogP contribution in [0.2, 0.25) is 5.02 Å². The van der Waals surface area contributed by atoms with Gasteiger partial charge in [0.15, 0.2) is 0 Å². The van der Waals surface area contributed by atoms with Crippen molar-refractivity contribution in [3.63, 3.8) is 0 Å². The molecule has 38 heavy (non-hydrogen) atoms. The second-order valence-electron chi connectivity index (χ2n) is 8.51. The number of carbonyl (C=O) groups excluding carboxylic acids is 2. The molecule has 1 aromatic heterocycles. The predicted octanol–water partition coefficient (Wildman–Crippen LogP) is 3.67. The summed E-state index contributed by atoms with van der Waals surface area (Å²) in [7, 11) is 0. The van der Waals surface area contributed by atoms with Crippen molar-refractivity contribution in [3.8, 4) is 5.69 Å². The molecular formula is C23H17ClF6N4O4. The van der Waals surface area contributed by atoms with E-state index in [-0.39, 0.29) is 17.1 Å². The number of benzene rings is 2. The Bertz CT molecular complexity index is 1540. The number of ether oxygens (including phenoxy) is 1. The Morgan fingerprint density at radius 3 is 2.34 bits per heavy atom. The number of aromatic nitrogens is 1. The van der Waals surface area contributed by atoms with E-state index in [9.17, 15) is 36.3 Å². The number of carbonyl (C=O) groups is 2. The van der Waals surface area contributed by atoms with E-state index in [2.05, 4.69) is 4.74 Å². The van der Waals surface area contributed by atoms with Gasteiger partial charge >= 0.3 is 18.1 Å². The van der Waals surface area contributed by atoms with Crippen molar-refractivity contribution in [2.75, 3.05) is 30.3 Å². The van der Waals surface area contributed by atoms with Crippen LogP contribution in [0, 0.1) is 23.4 Å². The third-order valence-corrected chi connectivity index (χ3v) is 6.33. The van der Waals surface area contributed by atoms with E-state index >= 15 is 4.39 Å². The lowest BCUT2D eigenvalue weighted by atomic mass is 9.95. The number of pyridine rings is 1. The molecule has 0 spiro atoms. The van der Waals surface area contributed by atoms with Crippen LogP contribution in [0.15, 0.2) is 29.2 Å². The van der Waals surface area contributed by atoms with E-state index in [1.165, 1.54) is 4.90 Å². The fourth-order valence-electron chi connectivity index (χ4n) is 4.14. The third kappa shape index (κ3) is 4.76. The first-order chi connectivity index (χ1) is 17.7. The number of esters is 2. The molecule has 0 saturated carbocycles. The summed E-state index contributed by atoms with van der Waals surface area (Å²) in [5, 5.41) is -1.07. The molecule has 0 radical (unpaired) electrons. The molecule has 0 unspecified atom stereocenters. The number of rotatable bonds is 5. The summed E-state index contributed by atoms with van der Waals surface area (Å²) >= 11 is 6.49. The van der Waals surface area contributed by atoms with E-state index in [0.717, 1.165) is 10.6 Å². The molecule has 0 bridgehead atoms. The Balaban J connectivity index is 1.98. The average molecular weight is 563 g/mol. The molecule has 0 amide bonds. The fourth-order valence-corrected chi connectivity index (χ4v) is 4.54. The number of hydrogen-bond acceptors (Lipinski definition) is 7. The molecule has 1 aliphatic heterocycles. The summed E-state index contributed by atoms with van der Waals surface area (Å²) in [5.74, 6) is -8.29. The van der Waals surface area contributed by atoms with Crippen molar-refractivity contribution < 1.29 is 40.7 Å². The van der Waals surface area contributed by atoms with Gasteiger partial charge < -0.3 is 25.7 Å². The summed E-state index contributed by atoms with van der Waals surface area (Å²) in [4.78, 5) is 38.1. The van der Waals surface area contributed by atoms with Gasteiger partial charge in [-0.25, -0.2) is 22.8 Å². The van der Waals surface area contributed by atoms with E-state index in [1.54, 1.807) is 0 Å². The molecular weight excluding hydrogens is 546 g/mol. The first-order valence-electron chi connectivity index (χ1n) is 10.8. The van der Waals surface area contributed by atoms with Gasteiger partial charge in [0.25, 0.3) is 0 Å². The molecule has 15 heteroatoms. The molecule has 4 rings (SSSR count). The standard InChI is InChI=1S/C23H17ClF6N4O4/c24-17-18-10(3-14(27)19(17)33-6-9(7-33)1-2-31)20(35)11(21(36)38-22(37)23(28,29)30)8-34(18)16-5-15(32)12(25)4-13(16)26/h3-5,8-9H,1-2,6-7,31-32H2. The van der Waals surface area contributed by atoms with E-state index in [0.29, 0.717) is 44.4 Å². The van der Waals surface area contributed by atoms with Gasteiger partial charge in [-0.2, -0.15) is 13.2 Å². The van der Waals surface area contributed by atoms with Crippen LogP contribution in [-0.2, 0) is 9.53 Å². The molecule has 8 nitrogen and oxygen atoms in total. The van der Waals surface area contributed by atoms with E-state index in [4.69, 9.17) is 23.1 Å². The molecule has 1 fully saturated rings. The molecule has 1 saturated heterocycles. The lowest BCUT2D eigenvalue weighted by molar-refractivity contribution is -0.193.